The lowest BCUT2D eigenvalue weighted by molar-refractivity contribution is -0.0283. The van der Waals surface area contributed by atoms with Crippen LogP contribution in [0.15, 0.2) is 30.5 Å². The maximum Gasteiger partial charge on any atom is 0.162 e. The van der Waals surface area contributed by atoms with Crippen molar-refractivity contribution in [1.82, 2.24) is 19.7 Å². The Morgan fingerprint density at radius 1 is 1.19 bits per heavy atom. The standard InChI is InChI=1S/C20H23ClN4O2/c1-13-9-15(21)11-17(26)18(13)16-10-14-3-6-25(19(14)23-22-16)12-20(27)4-7-24(2)8-5-20/h3,6,9-11,26-27H,4-5,7-8,12H2,1-2H3. The van der Waals surface area contributed by atoms with Gasteiger partial charge in [0, 0.05) is 35.3 Å². The van der Waals surface area contributed by atoms with Crippen LogP contribution in [0.3, 0.4) is 0 Å². The van der Waals surface area contributed by atoms with Crippen molar-refractivity contribution in [2.75, 3.05) is 20.1 Å². The second-order valence-electron chi connectivity index (χ2n) is 7.60. The summed E-state index contributed by atoms with van der Waals surface area (Å²) in [7, 11) is 2.08. The Morgan fingerprint density at radius 2 is 1.93 bits per heavy atom. The molecule has 3 heterocycles. The number of hydrogen-bond acceptors (Lipinski definition) is 5. The molecule has 1 aliphatic rings. The van der Waals surface area contributed by atoms with Crippen molar-refractivity contribution in [3.8, 4) is 17.0 Å². The summed E-state index contributed by atoms with van der Waals surface area (Å²) in [6, 6.07) is 7.18. The maximum absolute atomic E-state index is 10.9. The van der Waals surface area contributed by atoms with Gasteiger partial charge >= 0.3 is 0 Å². The predicted molar refractivity (Wildman–Crippen MR) is 106 cm³/mol. The molecule has 7 heteroatoms. The topological polar surface area (TPSA) is 74.4 Å². The number of likely N-dealkylation sites (tertiary alicyclic amines) is 1. The average molecular weight is 387 g/mol. The Morgan fingerprint density at radius 3 is 2.63 bits per heavy atom. The number of aryl methyl sites for hydroxylation is 1. The third-order valence-electron chi connectivity index (χ3n) is 5.43. The molecule has 27 heavy (non-hydrogen) atoms. The van der Waals surface area contributed by atoms with Crippen molar-refractivity contribution >= 4 is 22.6 Å². The highest BCUT2D eigenvalue weighted by Crippen LogP contribution is 2.35. The SMILES string of the molecule is Cc1cc(Cl)cc(O)c1-c1cc2ccn(CC3(O)CCN(C)CC3)c2nn1. The van der Waals surface area contributed by atoms with E-state index in [4.69, 9.17) is 11.6 Å². The van der Waals surface area contributed by atoms with Crippen LogP contribution in [0.1, 0.15) is 18.4 Å². The number of rotatable bonds is 3. The summed E-state index contributed by atoms with van der Waals surface area (Å²) in [5, 5.41) is 31.3. The third kappa shape index (κ3) is 3.52. The van der Waals surface area contributed by atoms with E-state index in [-0.39, 0.29) is 5.75 Å². The van der Waals surface area contributed by atoms with Gasteiger partial charge in [-0.1, -0.05) is 11.6 Å². The Balaban J connectivity index is 1.66. The molecule has 1 fully saturated rings. The molecular formula is C20H23ClN4O2. The number of nitrogens with zero attached hydrogens (tertiary/aromatic N) is 4. The van der Waals surface area contributed by atoms with E-state index in [1.807, 2.05) is 29.8 Å². The van der Waals surface area contributed by atoms with Gasteiger partial charge in [0.05, 0.1) is 17.8 Å². The summed E-state index contributed by atoms with van der Waals surface area (Å²) in [6.45, 7) is 4.17. The zero-order valence-electron chi connectivity index (χ0n) is 15.5. The van der Waals surface area contributed by atoms with Crippen molar-refractivity contribution in [1.29, 1.82) is 0 Å². The number of fused-ring (bicyclic) bond motifs is 1. The summed E-state index contributed by atoms with van der Waals surface area (Å²) in [5.41, 5.74) is 2.09. The lowest BCUT2D eigenvalue weighted by atomic mass is 9.91. The first-order chi connectivity index (χ1) is 12.8. The first kappa shape index (κ1) is 18.2. The van der Waals surface area contributed by atoms with Crippen LogP contribution in [-0.4, -0.2) is 55.6 Å². The summed E-state index contributed by atoms with van der Waals surface area (Å²) in [6.07, 6.45) is 3.42. The van der Waals surface area contributed by atoms with Crippen LogP contribution < -0.4 is 0 Å². The van der Waals surface area contributed by atoms with E-state index in [2.05, 4.69) is 22.1 Å². The van der Waals surface area contributed by atoms with E-state index in [9.17, 15) is 10.2 Å². The molecule has 1 aromatic carbocycles. The van der Waals surface area contributed by atoms with E-state index in [0.717, 1.165) is 42.5 Å². The fourth-order valence-electron chi connectivity index (χ4n) is 3.80. The van der Waals surface area contributed by atoms with Gasteiger partial charge in [0.1, 0.15) is 5.75 Å². The van der Waals surface area contributed by atoms with Crippen LogP contribution in [0, 0.1) is 6.92 Å². The lowest BCUT2D eigenvalue weighted by Gasteiger charge is -2.36. The van der Waals surface area contributed by atoms with Crippen molar-refractivity contribution in [3.63, 3.8) is 0 Å². The molecule has 0 atom stereocenters. The smallest absolute Gasteiger partial charge is 0.162 e. The zero-order chi connectivity index (χ0) is 19.2. The second-order valence-corrected chi connectivity index (χ2v) is 8.03. The number of aliphatic hydroxyl groups is 1. The van der Waals surface area contributed by atoms with Gasteiger partial charge in [0.2, 0.25) is 0 Å². The van der Waals surface area contributed by atoms with E-state index in [1.54, 1.807) is 6.07 Å². The Kier molecular flexibility index (Phi) is 4.58. The Hall–Kier alpha value is -2.15. The number of aromatic nitrogens is 3. The summed E-state index contributed by atoms with van der Waals surface area (Å²) in [4.78, 5) is 2.23. The van der Waals surface area contributed by atoms with Crippen LogP contribution in [0.5, 0.6) is 5.75 Å². The number of aromatic hydroxyl groups is 1. The molecule has 0 bridgehead atoms. The minimum Gasteiger partial charge on any atom is -0.507 e. The van der Waals surface area contributed by atoms with E-state index in [1.165, 1.54) is 6.07 Å². The largest absolute Gasteiger partial charge is 0.507 e. The highest BCUT2D eigenvalue weighted by molar-refractivity contribution is 6.31. The predicted octanol–water partition coefficient (Wildman–Crippen LogP) is 3.22. The highest BCUT2D eigenvalue weighted by Gasteiger charge is 2.32. The van der Waals surface area contributed by atoms with Gasteiger partial charge < -0.3 is 19.7 Å². The molecule has 0 amide bonds. The monoisotopic (exact) mass is 386 g/mol. The van der Waals surface area contributed by atoms with Crippen LogP contribution in [-0.2, 0) is 6.54 Å². The first-order valence-electron chi connectivity index (χ1n) is 9.08. The average Bonchev–Trinajstić information content (AvgIpc) is 2.99. The molecule has 0 aliphatic carbocycles. The first-order valence-corrected chi connectivity index (χ1v) is 9.45. The number of phenols is 1. The fraction of sp³-hybridized carbons (Fsp3) is 0.400. The molecule has 0 radical (unpaired) electrons. The molecule has 6 nitrogen and oxygen atoms in total. The maximum atomic E-state index is 10.9. The van der Waals surface area contributed by atoms with Crippen LogP contribution in [0.4, 0.5) is 0 Å². The number of piperidine rings is 1. The molecule has 3 aromatic rings. The number of phenolic OH excluding ortho intramolecular Hbond substituents is 1. The molecule has 2 N–H and O–H groups in total. The molecular weight excluding hydrogens is 364 g/mol. The molecule has 1 saturated heterocycles. The number of benzene rings is 1. The summed E-state index contributed by atoms with van der Waals surface area (Å²) >= 11 is 6.00. The van der Waals surface area contributed by atoms with Crippen molar-refractivity contribution in [2.45, 2.75) is 31.9 Å². The molecule has 0 unspecified atom stereocenters. The van der Waals surface area contributed by atoms with Gasteiger partial charge in [-0.3, -0.25) is 0 Å². The molecule has 1 aliphatic heterocycles. The zero-order valence-corrected chi connectivity index (χ0v) is 16.2. The Labute approximate surface area is 163 Å². The van der Waals surface area contributed by atoms with E-state index < -0.39 is 5.60 Å². The molecule has 0 saturated carbocycles. The van der Waals surface area contributed by atoms with Crippen LogP contribution >= 0.6 is 11.6 Å². The van der Waals surface area contributed by atoms with Gasteiger partial charge in [-0.2, -0.15) is 0 Å². The van der Waals surface area contributed by atoms with Gasteiger partial charge in [0.25, 0.3) is 0 Å². The van der Waals surface area contributed by atoms with Crippen molar-refractivity contribution in [2.24, 2.45) is 0 Å². The minimum absolute atomic E-state index is 0.0914. The highest BCUT2D eigenvalue weighted by atomic mass is 35.5. The van der Waals surface area contributed by atoms with Gasteiger partial charge in [-0.15, -0.1) is 10.2 Å². The third-order valence-corrected chi connectivity index (χ3v) is 5.65. The van der Waals surface area contributed by atoms with Crippen LogP contribution in [0.25, 0.3) is 22.3 Å². The van der Waals surface area contributed by atoms with Gasteiger partial charge in [-0.05, 0) is 56.6 Å². The minimum atomic E-state index is -0.718. The summed E-state index contributed by atoms with van der Waals surface area (Å²) in [5.74, 6) is 0.0914. The molecule has 0 spiro atoms. The molecule has 142 valence electrons. The second kappa shape index (κ2) is 6.78. The lowest BCUT2D eigenvalue weighted by Crippen LogP contribution is -2.45. The quantitative estimate of drug-likeness (QED) is 0.723. The number of halogens is 1. The van der Waals surface area contributed by atoms with E-state index in [0.29, 0.717) is 22.8 Å². The van der Waals surface area contributed by atoms with Gasteiger partial charge in [0.15, 0.2) is 5.65 Å². The normalized spacial score (nSPS) is 17.5. The van der Waals surface area contributed by atoms with E-state index >= 15 is 0 Å². The van der Waals surface area contributed by atoms with Crippen LogP contribution in [0.2, 0.25) is 5.02 Å². The fourth-order valence-corrected chi connectivity index (χ4v) is 4.07. The Bertz CT molecular complexity index is 970. The summed E-state index contributed by atoms with van der Waals surface area (Å²) < 4.78 is 1.96. The molecule has 2 aromatic heterocycles. The number of hydrogen-bond donors (Lipinski definition) is 2. The van der Waals surface area contributed by atoms with Crippen molar-refractivity contribution in [3.05, 3.63) is 41.0 Å². The van der Waals surface area contributed by atoms with Crippen molar-refractivity contribution < 1.29 is 10.2 Å². The molecule has 4 rings (SSSR count). The van der Waals surface area contributed by atoms with Gasteiger partial charge in [-0.25, -0.2) is 0 Å².